The van der Waals surface area contributed by atoms with Crippen molar-refractivity contribution in [2.75, 3.05) is 11.6 Å². The van der Waals surface area contributed by atoms with Crippen LogP contribution in [0.1, 0.15) is 34.3 Å². The highest BCUT2D eigenvalue weighted by Gasteiger charge is 2.35. The second-order valence-electron chi connectivity index (χ2n) is 8.09. The second-order valence-corrected chi connectivity index (χ2v) is 9.47. The molecule has 4 nitrogen and oxygen atoms in total. The van der Waals surface area contributed by atoms with Crippen LogP contribution in [0.5, 0.6) is 0 Å². The van der Waals surface area contributed by atoms with Crippen LogP contribution in [0.25, 0.3) is 11.3 Å². The number of rotatable bonds is 6. The Morgan fingerprint density at radius 1 is 1.16 bits per heavy atom. The maximum atomic E-state index is 13.7. The summed E-state index contributed by atoms with van der Waals surface area (Å²) in [4.78, 5) is 13.7. The number of anilines is 1. The Balaban J connectivity index is 1.72. The second kappa shape index (κ2) is 8.67. The lowest BCUT2D eigenvalue weighted by atomic mass is 10.00. The molecule has 1 N–H and O–H groups in total. The fourth-order valence-electron chi connectivity index (χ4n) is 3.83. The van der Waals surface area contributed by atoms with Gasteiger partial charge in [-0.05, 0) is 72.8 Å². The van der Waals surface area contributed by atoms with E-state index in [-0.39, 0.29) is 5.56 Å². The Labute approximate surface area is 187 Å². The summed E-state index contributed by atoms with van der Waals surface area (Å²) in [6.07, 6.45) is 0.788. The average Bonchev–Trinajstić information content (AvgIpc) is 3.49. The van der Waals surface area contributed by atoms with E-state index >= 15 is 0 Å². The van der Waals surface area contributed by atoms with Crippen molar-refractivity contribution in [1.29, 1.82) is 0 Å². The number of amides is 1. The number of aromatic nitrogens is 1. The minimum absolute atomic E-state index is 0.0759. The number of hydrogen-bond acceptors (Lipinski definition) is 2. The van der Waals surface area contributed by atoms with E-state index in [2.05, 4.69) is 5.32 Å². The smallest absolute Gasteiger partial charge is 0.417 e. The van der Waals surface area contributed by atoms with Crippen LogP contribution in [-0.4, -0.2) is 21.3 Å². The summed E-state index contributed by atoms with van der Waals surface area (Å²) < 4.78 is 54.5. The zero-order valence-corrected chi connectivity index (χ0v) is 18.5. The van der Waals surface area contributed by atoms with Crippen molar-refractivity contribution < 1.29 is 22.5 Å². The van der Waals surface area contributed by atoms with Gasteiger partial charge in [-0.15, -0.1) is 0 Å². The van der Waals surface area contributed by atoms with Crippen LogP contribution in [0.4, 0.5) is 18.9 Å². The van der Waals surface area contributed by atoms with E-state index in [1.54, 1.807) is 54.3 Å². The highest BCUT2D eigenvalue weighted by atomic mass is 32.2. The Morgan fingerprint density at radius 3 is 2.41 bits per heavy atom. The maximum absolute atomic E-state index is 13.7. The molecule has 1 saturated carbocycles. The van der Waals surface area contributed by atoms with E-state index in [9.17, 15) is 22.5 Å². The van der Waals surface area contributed by atoms with E-state index in [0.29, 0.717) is 39.9 Å². The Hall–Kier alpha value is -2.71. The van der Waals surface area contributed by atoms with Crippen LogP contribution in [0.3, 0.4) is 0 Å². The van der Waals surface area contributed by atoms with Gasteiger partial charge in [0.05, 0.1) is 16.8 Å². The molecule has 1 aliphatic carbocycles. The first kappa shape index (κ1) is 22.5. The van der Waals surface area contributed by atoms with Crippen LogP contribution >= 0.6 is 0 Å². The first-order valence-electron chi connectivity index (χ1n) is 10.3. The summed E-state index contributed by atoms with van der Waals surface area (Å²) >= 11 is -1.13. The lowest BCUT2D eigenvalue weighted by Gasteiger charge is -2.16. The van der Waals surface area contributed by atoms with Gasteiger partial charge in [0, 0.05) is 24.0 Å². The molecule has 1 aliphatic rings. The van der Waals surface area contributed by atoms with Crippen molar-refractivity contribution in [2.45, 2.75) is 37.4 Å². The van der Waals surface area contributed by atoms with Crippen molar-refractivity contribution in [1.82, 2.24) is 4.57 Å². The molecule has 1 fully saturated rings. The summed E-state index contributed by atoms with van der Waals surface area (Å²) in [6.45, 7) is 2.26. The van der Waals surface area contributed by atoms with Gasteiger partial charge in [-0.3, -0.25) is 4.79 Å². The van der Waals surface area contributed by atoms with Gasteiger partial charge < -0.3 is 14.4 Å². The van der Waals surface area contributed by atoms with Crippen molar-refractivity contribution in [3.05, 3.63) is 71.4 Å². The third-order valence-corrected chi connectivity index (χ3v) is 6.60. The number of carbonyl (C=O) groups excluding carboxylic acids is 1. The minimum Gasteiger partial charge on any atom is -0.612 e. The zero-order chi connectivity index (χ0) is 23.0. The molecule has 1 unspecified atom stereocenters. The Kier molecular flexibility index (Phi) is 6.09. The minimum atomic E-state index is -4.50. The van der Waals surface area contributed by atoms with Crippen LogP contribution in [-0.2, 0) is 23.9 Å². The number of halogens is 3. The van der Waals surface area contributed by atoms with E-state index in [0.717, 1.165) is 18.9 Å². The van der Waals surface area contributed by atoms with Crippen LogP contribution in [0.15, 0.2) is 59.6 Å². The number of hydrogen-bond donors (Lipinski definition) is 1. The molecular weight excluding hydrogens is 437 g/mol. The summed E-state index contributed by atoms with van der Waals surface area (Å²) in [7, 11) is 0. The van der Waals surface area contributed by atoms with E-state index in [1.807, 2.05) is 0 Å². The van der Waals surface area contributed by atoms with E-state index < -0.39 is 28.8 Å². The normalized spacial score (nSPS) is 14.9. The summed E-state index contributed by atoms with van der Waals surface area (Å²) in [5, 5.41) is 2.80. The Morgan fingerprint density at radius 2 is 1.81 bits per heavy atom. The fourth-order valence-corrected chi connectivity index (χ4v) is 4.35. The number of nitrogens with one attached hydrogen (secondary N) is 1. The average molecular weight is 461 g/mol. The fraction of sp³-hybridized carbons (Fsp3) is 0.292. The van der Waals surface area contributed by atoms with Crippen molar-refractivity contribution in [3.63, 3.8) is 0 Å². The molecule has 4 rings (SSSR count). The predicted octanol–water partition coefficient (Wildman–Crippen LogP) is 5.88. The molecule has 1 aromatic heterocycles. The molecule has 32 heavy (non-hydrogen) atoms. The monoisotopic (exact) mass is 460 g/mol. The largest absolute Gasteiger partial charge is 0.612 e. The van der Waals surface area contributed by atoms with Crippen LogP contribution < -0.4 is 5.32 Å². The molecule has 168 valence electrons. The lowest BCUT2D eigenvalue weighted by Crippen LogP contribution is -2.12. The van der Waals surface area contributed by atoms with Gasteiger partial charge in [0.25, 0.3) is 5.91 Å². The van der Waals surface area contributed by atoms with E-state index in [4.69, 9.17) is 0 Å². The lowest BCUT2D eigenvalue weighted by molar-refractivity contribution is -0.137. The SMILES string of the molecule is Cc1c(C(=O)Nc2ccc([S+](C)[O-])cc2)cn(CC2CC2)c1-c1ccccc1C(F)(F)F. The molecule has 0 saturated heterocycles. The highest BCUT2D eigenvalue weighted by Crippen LogP contribution is 2.41. The first-order valence-corrected chi connectivity index (χ1v) is 11.8. The number of benzene rings is 2. The van der Waals surface area contributed by atoms with Crippen LogP contribution in [0.2, 0.25) is 0 Å². The van der Waals surface area contributed by atoms with Gasteiger partial charge in [0.2, 0.25) is 0 Å². The topological polar surface area (TPSA) is 57.1 Å². The third kappa shape index (κ3) is 4.71. The molecule has 2 aromatic carbocycles. The van der Waals surface area contributed by atoms with E-state index in [1.165, 1.54) is 12.1 Å². The van der Waals surface area contributed by atoms with Gasteiger partial charge in [-0.2, -0.15) is 13.2 Å². The summed E-state index contributed by atoms with van der Waals surface area (Å²) in [6, 6.07) is 12.1. The number of nitrogens with zero attached hydrogens (tertiary/aromatic N) is 1. The number of carbonyl (C=O) groups is 1. The molecule has 0 radical (unpaired) electrons. The maximum Gasteiger partial charge on any atom is 0.417 e. The molecule has 3 aromatic rings. The van der Waals surface area contributed by atoms with Gasteiger partial charge >= 0.3 is 6.18 Å². The predicted molar refractivity (Wildman–Crippen MR) is 119 cm³/mol. The van der Waals surface area contributed by atoms with Gasteiger partial charge in [-0.25, -0.2) is 0 Å². The molecule has 1 heterocycles. The standard InChI is InChI=1S/C24H23F3N2O2S/c1-15-20(23(30)28-17-9-11-18(12-10-17)32(2)31)14-29(13-16-7-8-16)22(15)19-5-3-4-6-21(19)24(25,26)27/h3-6,9-12,14,16H,7-8,13H2,1-2H3,(H,28,30). The number of alkyl halides is 3. The van der Waals surface area contributed by atoms with Gasteiger partial charge in [0.15, 0.2) is 4.90 Å². The third-order valence-electron chi connectivity index (χ3n) is 5.66. The van der Waals surface area contributed by atoms with Crippen molar-refractivity contribution in [2.24, 2.45) is 5.92 Å². The Bertz CT molecular complexity index is 1130. The van der Waals surface area contributed by atoms with Crippen LogP contribution in [0, 0.1) is 12.8 Å². The molecule has 8 heteroatoms. The van der Waals surface area contributed by atoms with Crippen molar-refractivity contribution >= 4 is 22.8 Å². The summed E-state index contributed by atoms with van der Waals surface area (Å²) in [5.74, 6) is 0.0186. The first-order chi connectivity index (χ1) is 15.1. The highest BCUT2D eigenvalue weighted by molar-refractivity contribution is 7.90. The zero-order valence-electron chi connectivity index (χ0n) is 17.7. The molecule has 0 bridgehead atoms. The molecular formula is C24H23F3N2O2S. The quantitative estimate of drug-likeness (QED) is 0.467. The van der Waals surface area contributed by atoms with Crippen molar-refractivity contribution in [3.8, 4) is 11.3 Å². The molecule has 1 atom stereocenters. The summed E-state index contributed by atoms with van der Waals surface area (Å²) in [5.41, 5.74) is 1.15. The van der Waals surface area contributed by atoms with Gasteiger partial charge in [-0.1, -0.05) is 18.2 Å². The molecule has 1 amide bonds. The molecule has 0 aliphatic heterocycles. The molecule has 0 spiro atoms. The van der Waals surface area contributed by atoms with Gasteiger partial charge in [0.1, 0.15) is 6.26 Å².